The first-order valence-corrected chi connectivity index (χ1v) is 11.3. The number of hydrogen-bond donors (Lipinski definition) is 2. The van der Waals surface area contributed by atoms with Crippen molar-refractivity contribution in [1.82, 2.24) is 10.2 Å². The van der Waals surface area contributed by atoms with E-state index in [1.165, 1.54) is 7.11 Å². The Balaban J connectivity index is 1.81. The number of carbonyl (C=O) groups excluding carboxylic acids is 2. The summed E-state index contributed by atoms with van der Waals surface area (Å²) in [4.78, 5) is 29.3. The van der Waals surface area contributed by atoms with Crippen LogP contribution in [0.25, 0.3) is 0 Å². The van der Waals surface area contributed by atoms with E-state index in [0.717, 1.165) is 12.0 Å². The summed E-state index contributed by atoms with van der Waals surface area (Å²) >= 11 is 6.43. The maximum absolute atomic E-state index is 14.5. The van der Waals surface area contributed by atoms with Crippen LogP contribution < -0.4 is 15.4 Å². The predicted molar refractivity (Wildman–Crippen MR) is 126 cm³/mol. The highest BCUT2D eigenvalue weighted by Crippen LogP contribution is 2.56. The van der Waals surface area contributed by atoms with Crippen LogP contribution >= 0.6 is 11.6 Å². The van der Waals surface area contributed by atoms with Gasteiger partial charge in [0.05, 0.1) is 19.2 Å². The van der Waals surface area contributed by atoms with Crippen LogP contribution in [0.4, 0.5) is 5.69 Å². The van der Waals surface area contributed by atoms with Crippen molar-refractivity contribution in [3.63, 3.8) is 0 Å². The van der Waals surface area contributed by atoms with Gasteiger partial charge in [-0.25, -0.2) is 4.79 Å². The summed E-state index contributed by atoms with van der Waals surface area (Å²) in [5.41, 5.74) is 7.86. The molecule has 174 valence electrons. The van der Waals surface area contributed by atoms with Gasteiger partial charge in [0.15, 0.2) is 0 Å². The second-order valence-corrected chi connectivity index (χ2v) is 8.62. The molecule has 5 rings (SSSR count). The summed E-state index contributed by atoms with van der Waals surface area (Å²) in [6.07, 6.45) is 1.39. The quantitative estimate of drug-likeness (QED) is 0.542. The number of nitrogens with two attached hydrogens (primary N) is 1. The molecule has 1 spiro atoms. The number of anilines is 1. The molecule has 1 atom stereocenters. The highest BCUT2D eigenvalue weighted by molar-refractivity contribution is 6.31. The van der Waals surface area contributed by atoms with Crippen LogP contribution in [0.1, 0.15) is 35.7 Å². The van der Waals surface area contributed by atoms with Crippen molar-refractivity contribution in [3.05, 3.63) is 87.4 Å². The Bertz CT molecular complexity index is 1350. The van der Waals surface area contributed by atoms with E-state index < -0.39 is 11.4 Å². The van der Waals surface area contributed by atoms with Crippen molar-refractivity contribution in [2.45, 2.75) is 31.7 Å². The van der Waals surface area contributed by atoms with Crippen molar-refractivity contribution < 1.29 is 19.1 Å². The van der Waals surface area contributed by atoms with Crippen LogP contribution in [0.5, 0.6) is 5.88 Å². The summed E-state index contributed by atoms with van der Waals surface area (Å²) in [6.45, 7) is 2.23. The largest absolute Gasteiger partial charge is 0.465 e. The van der Waals surface area contributed by atoms with Gasteiger partial charge in [0.1, 0.15) is 11.0 Å². The van der Waals surface area contributed by atoms with E-state index >= 15 is 0 Å². The summed E-state index contributed by atoms with van der Waals surface area (Å²) in [5, 5.41) is 7.82. The third-order valence-corrected chi connectivity index (χ3v) is 6.72. The number of carbonyl (C=O) groups is 2. The number of amides is 1. The van der Waals surface area contributed by atoms with Gasteiger partial charge in [-0.2, -0.15) is 0 Å². The molecule has 0 saturated carbocycles. The van der Waals surface area contributed by atoms with E-state index in [1.54, 1.807) is 11.0 Å². The number of esters is 1. The van der Waals surface area contributed by atoms with Gasteiger partial charge in [0, 0.05) is 22.0 Å². The smallest absolute Gasteiger partial charge is 0.340 e. The Labute approximate surface area is 201 Å². The Morgan fingerprint density at radius 3 is 2.71 bits per heavy atom. The maximum atomic E-state index is 14.5. The van der Waals surface area contributed by atoms with Gasteiger partial charge >= 0.3 is 5.97 Å². The second-order valence-electron chi connectivity index (χ2n) is 8.22. The Morgan fingerprint density at radius 2 is 1.97 bits per heavy atom. The molecule has 0 fully saturated rings. The molecule has 2 aromatic carbocycles. The number of fused-ring (bicyclic) bond motifs is 4. The van der Waals surface area contributed by atoms with Crippen LogP contribution in [0.15, 0.2) is 60.0 Å². The lowest BCUT2D eigenvalue weighted by molar-refractivity contribution is -0.138. The van der Waals surface area contributed by atoms with Crippen molar-refractivity contribution in [1.29, 1.82) is 0 Å². The molecule has 2 aliphatic rings. The van der Waals surface area contributed by atoms with Crippen molar-refractivity contribution in [2.75, 3.05) is 12.0 Å². The van der Waals surface area contributed by atoms with Crippen LogP contribution in [-0.2, 0) is 32.7 Å². The molecule has 3 N–H and O–H groups in total. The number of ether oxygens (including phenoxy) is 2. The molecular weight excluding hydrogens is 456 g/mol. The molecular formula is C25H23ClN4O4. The molecule has 0 saturated heterocycles. The number of halogens is 1. The minimum atomic E-state index is -1.57. The van der Waals surface area contributed by atoms with Gasteiger partial charge in [-0.3, -0.25) is 9.89 Å². The fourth-order valence-electron chi connectivity index (χ4n) is 4.96. The zero-order chi connectivity index (χ0) is 24.0. The lowest BCUT2D eigenvalue weighted by atomic mass is 9.68. The van der Waals surface area contributed by atoms with Crippen LogP contribution in [0.2, 0.25) is 5.02 Å². The van der Waals surface area contributed by atoms with Crippen molar-refractivity contribution in [2.24, 2.45) is 5.73 Å². The van der Waals surface area contributed by atoms with Crippen LogP contribution in [0, 0.1) is 0 Å². The molecule has 3 aromatic rings. The number of para-hydroxylation sites is 1. The monoisotopic (exact) mass is 478 g/mol. The molecule has 0 radical (unpaired) electrons. The normalized spacial score (nSPS) is 18.7. The molecule has 0 unspecified atom stereocenters. The Hall–Kier alpha value is -3.78. The van der Waals surface area contributed by atoms with E-state index in [4.69, 9.17) is 26.8 Å². The van der Waals surface area contributed by atoms with E-state index in [0.29, 0.717) is 34.0 Å². The van der Waals surface area contributed by atoms with Gasteiger partial charge in [0.2, 0.25) is 17.7 Å². The maximum Gasteiger partial charge on any atom is 0.340 e. The topological polar surface area (TPSA) is 111 Å². The fourth-order valence-corrected chi connectivity index (χ4v) is 5.16. The van der Waals surface area contributed by atoms with Gasteiger partial charge < -0.3 is 20.1 Å². The first kappa shape index (κ1) is 22.0. The van der Waals surface area contributed by atoms with Gasteiger partial charge in [0.25, 0.3) is 0 Å². The van der Waals surface area contributed by atoms with E-state index in [-0.39, 0.29) is 29.8 Å². The van der Waals surface area contributed by atoms with Crippen LogP contribution in [0.3, 0.4) is 0 Å². The van der Waals surface area contributed by atoms with Crippen molar-refractivity contribution in [3.8, 4) is 5.88 Å². The molecule has 2 aliphatic heterocycles. The minimum Gasteiger partial charge on any atom is -0.465 e. The van der Waals surface area contributed by atoms with Gasteiger partial charge in [-0.15, -0.1) is 5.10 Å². The number of aromatic amines is 1. The average Bonchev–Trinajstić information content (AvgIpc) is 3.34. The first-order valence-electron chi connectivity index (χ1n) is 10.9. The SMILES string of the molecule is CCCc1[nH]nc2c1[C@]1(C(=O)N(Cc3ccccc3Cl)c3ccccc31)C(C(=O)OC)=C(N)O2. The fraction of sp³-hybridized carbons (Fsp3) is 0.240. The number of aromatic nitrogens is 2. The van der Waals surface area contributed by atoms with E-state index in [9.17, 15) is 9.59 Å². The van der Waals surface area contributed by atoms with Gasteiger partial charge in [-0.05, 0) is 24.1 Å². The number of H-pyrrole nitrogens is 1. The number of hydrogen-bond acceptors (Lipinski definition) is 6. The summed E-state index contributed by atoms with van der Waals surface area (Å²) in [7, 11) is 1.25. The molecule has 3 heterocycles. The van der Waals surface area contributed by atoms with Crippen LogP contribution in [-0.4, -0.2) is 29.2 Å². The second kappa shape index (κ2) is 8.22. The lowest BCUT2D eigenvalue weighted by Gasteiger charge is -2.34. The first-order chi connectivity index (χ1) is 16.4. The molecule has 0 bridgehead atoms. The zero-order valence-corrected chi connectivity index (χ0v) is 19.5. The Morgan fingerprint density at radius 1 is 1.24 bits per heavy atom. The minimum absolute atomic E-state index is 0.0552. The summed E-state index contributed by atoms with van der Waals surface area (Å²) in [5.74, 6) is -1.12. The summed E-state index contributed by atoms with van der Waals surface area (Å²) < 4.78 is 10.8. The van der Waals surface area contributed by atoms with E-state index in [1.807, 2.05) is 49.4 Å². The highest BCUT2D eigenvalue weighted by atomic mass is 35.5. The summed E-state index contributed by atoms with van der Waals surface area (Å²) in [6, 6.07) is 14.7. The number of methoxy groups -OCH3 is 1. The highest BCUT2D eigenvalue weighted by Gasteiger charge is 2.62. The molecule has 0 aliphatic carbocycles. The number of aryl methyl sites for hydroxylation is 1. The number of benzene rings is 2. The number of nitrogens with one attached hydrogen (secondary N) is 1. The third kappa shape index (κ3) is 2.95. The van der Waals surface area contributed by atoms with Crippen molar-refractivity contribution >= 4 is 29.2 Å². The Kier molecular flexibility index (Phi) is 5.32. The average molecular weight is 479 g/mol. The zero-order valence-electron chi connectivity index (χ0n) is 18.7. The van der Waals surface area contributed by atoms with Gasteiger partial charge in [-0.1, -0.05) is 61.3 Å². The molecule has 1 amide bonds. The predicted octanol–water partition coefficient (Wildman–Crippen LogP) is 3.58. The molecule has 34 heavy (non-hydrogen) atoms. The third-order valence-electron chi connectivity index (χ3n) is 6.35. The lowest BCUT2D eigenvalue weighted by Crippen LogP contribution is -2.48. The molecule has 8 nitrogen and oxygen atoms in total. The number of rotatable bonds is 5. The standard InChI is InChI=1S/C25H23ClN4O4/c1-3-8-17-19-22(29-28-17)34-21(27)20(23(31)33-2)25(19)15-10-5-7-12-18(15)30(24(25)32)13-14-9-4-6-11-16(14)26/h4-7,9-12H,3,8,13,27H2,1-2H3,(H,28,29)/t25-/m0/s1. The molecule has 9 heteroatoms. The molecule has 1 aromatic heterocycles. The number of nitrogens with zero attached hydrogens (tertiary/aromatic N) is 2. The van der Waals surface area contributed by atoms with E-state index in [2.05, 4.69) is 10.2 Å².